The molecule has 3 nitrogen and oxygen atoms in total. The van der Waals surface area contributed by atoms with Crippen molar-refractivity contribution < 1.29 is 18.0 Å². The van der Waals surface area contributed by atoms with Crippen LogP contribution in [0, 0.1) is 0 Å². The first kappa shape index (κ1) is 16.1. The van der Waals surface area contributed by atoms with Crippen LogP contribution in [0.15, 0.2) is 16.7 Å². The summed E-state index contributed by atoms with van der Waals surface area (Å²) in [6.07, 6.45) is -3.59. The molecule has 0 bridgehead atoms. The number of nitrogens with zero attached hydrogens (tertiary/aromatic N) is 1. The van der Waals surface area contributed by atoms with Gasteiger partial charge in [-0.25, -0.2) is 0 Å². The Morgan fingerprint density at radius 3 is 2.47 bits per heavy atom. The summed E-state index contributed by atoms with van der Waals surface area (Å²) in [6, 6.07) is 0.682. The van der Waals surface area contributed by atoms with Crippen LogP contribution in [-0.4, -0.2) is 22.7 Å². The molecule has 0 saturated heterocycles. The molecule has 1 aromatic rings. The number of carbonyl (C=O) groups is 1. The Morgan fingerprint density at radius 1 is 1.42 bits per heavy atom. The molecule has 0 saturated carbocycles. The average molecular weight is 341 g/mol. The highest BCUT2D eigenvalue weighted by molar-refractivity contribution is 9.10. The van der Waals surface area contributed by atoms with Crippen molar-refractivity contribution in [1.29, 1.82) is 0 Å². The molecule has 1 amide bonds. The fourth-order valence-electron chi connectivity index (χ4n) is 1.75. The number of amides is 1. The van der Waals surface area contributed by atoms with Gasteiger partial charge >= 0.3 is 6.18 Å². The largest absolute Gasteiger partial charge is 0.391 e. The molecule has 1 heterocycles. The second kappa shape index (κ2) is 5.98. The van der Waals surface area contributed by atoms with Crippen LogP contribution in [0.5, 0.6) is 0 Å². The average Bonchev–Trinajstić information content (AvgIpc) is 2.57. The molecule has 0 radical (unpaired) electrons. The predicted molar refractivity (Wildman–Crippen MR) is 70.1 cm³/mol. The monoisotopic (exact) mass is 340 g/mol. The second-order valence-electron chi connectivity index (χ2n) is 4.74. The topological polar surface area (TPSA) is 34.0 Å². The molecule has 1 unspecified atom stereocenters. The highest BCUT2D eigenvalue weighted by Crippen LogP contribution is 2.22. The number of alkyl halides is 3. The first-order valence-electron chi connectivity index (χ1n) is 5.85. The maximum Gasteiger partial charge on any atom is 0.391 e. The van der Waals surface area contributed by atoms with Crippen molar-refractivity contribution >= 4 is 21.8 Å². The zero-order valence-corrected chi connectivity index (χ0v) is 12.5. The molecule has 0 aliphatic carbocycles. The van der Waals surface area contributed by atoms with Crippen LogP contribution in [0.25, 0.3) is 0 Å². The molecule has 1 atom stereocenters. The van der Waals surface area contributed by atoms with Gasteiger partial charge in [0.05, 0.1) is 6.42 Å². The van der Waals surface area contributed by atoms with Gasteiger partial charge in [-0.15, -0.1) is 0 Å². The molecule has 0 spiro atoms. The Balaban J connectivity index is 2.78. The maximum absolute atomic E-state index is 12.2. The predicted octanol–water partition coefficient (Wildman–Crippen LogP) is 3.90. The number of rotatable bonds is 4. The van der Waals surface area contributed by atoms with Crippen LogP contribution in [0.1, 0.15) is 43.7 Å². The molecule has 7 heteroatoms. The van der Waals surface area contributed by atoms with E-state index < -0.39 is 24.5 Å². The normalized spacial score (nSPS) is 13.7. The number of hydrogen-bond donors (Lipinski definition) is 1. The van der Waals surface area contributed by atoms with Crippen molar-refractivity contribution in [3.05, 3.63) is 22.4 Å². The third kappa shape index (κ3) is 4.89. The Labute approximate surface area is 118 Å². The van der Waals surface area contributed by atoms with Crippen LogP contribution in [0.4, 0.5) is 13.2 Å². The Kier molecular flexibility index (Phi) is 5.06. The maximum atomic E-state index is 12.2. The van der Waals surface area contributed by atoms with E-state index in [2.05, 4.69) is 21.2 Å². The van der Waals surface area contributed by atoms with E-state index in [1.165, 1.54) is 6.92 Å². The zero-order valence-electron chi connectivity index (χ0n) is 10.9. The molecule has 0 fully saturated rings. The van der Waals surface area contributed by atoms with Gasteiger partial charge in [-0.05, 0) is 42.8 Å². The molecule has 1 aromatic heterocycles. The van der Waals surface area contributed by atoms with Crippen molar-refractivity contribution in [3.8, 4) is 0 Å². The molecular weight excluding hydrogens is 325 g/mol. The number of hydrogen-bond acceptors (Lipinski definition) is 1. The van der Waals surface area contributed by atoms with E-state index in [0.29, 0.717) is 5.69 Å². The molecule has 108 valence electrons. The van der Waals surface area contributed by atoms with Crippen molar-refractivity contribution in [1.82, 2.24) is 9.88 Å². The molecule has 0 aromatic carbocycles. The smallest absolute Gasteiger partial charge is 0.348 e. The lowest BCUT2D eigenvalue weighted by atomic mass is 10.2. The van der Waals surface area contributed by atoms with E-state index in [9.17, 15) is 18.0 Å². The third-order valence-corrected chi connectivity index (χ3v) is 2.95. The fourth-order valence-corrected chi connectivity index (χ4v) is 2.19. The fraction of sp³-hybridized carbons (Fsp3) is 0.583. The lowest BCUT2D eigenvalue weighted by Gasteiger charge is -2.17. The minimum absolute atomic E-state index is 0.0463. The van der Waals surface area contributed by atoms with Gasteiger partial charge in [-0.3, -0.25) is 4.79 Å². The number of nitrogens with one attached hydrogen (secondary N) is 1. The van der Waals surface area contributed by atoms with Gasteiger partial charge in [0.1, 0.15) is 5.69 Å². The minimum atomic E-state index is -4.28. The van der Waals surface area contributed by atoms with Crippen LogP contribution < -0.4 is 5.32 Å². The Bertz CT molecular complexity index is 454. The molecule has 1 rings (SSSR count). The van der Waals surface area contributed by atoms with Gasteiger partial charge in [0.15, 0.2) is 0 Å². The summed E-state index contributed by atoms with van der Waals surface area (Å²) in [5.74, 6) is -0.504. The summed E-state index contributed by atoms with van der Waals surface area (Å²) in [6.45, 7) is 5.12. The zero-order chi connectivity index (χ0) is 14.8. The lowest BCUT2D eigenvalue weighted by molar-refractivity contribution is -0.138. The van der Waals surface area contributed by atoms with E-state index in [1.807, 2.05) is 13.8 Å². The molecule has 0 aliphatic rings. The van der Waals surface area contributed by atoms with Gasteiger partial charge in [0, 0.05) is 22.8 Å². The molecule has 1 N–H and O–H groups in total. The van der Waals surface area contributed by atoms with Gasteiger partial charge < -0.3 is 9.88 Å². The van der Waals surface area contributed by atoms with Gasteiger partial charge in [0.25, 0.3) is 5.91 Å². The summed E-state index contributed by atoms with van der Waals surface area (Å²) in [7, 11) is 0. The number of carbonyl (C=O) groups excluding carboxylic acids is 1. The van der Waals surface area contributed by atoms with Crippen LogP contribution in [0.2, 0.25) is 0 Å². The van der Waals surface area contributed by atoms with E-state index in [4.69, 9.17) is 0 Å². The van der Waals surface area contributed by atoms with Crippen molar-refractivity contribution in [3.63, 3.8) is 0 Å². The highest BCUT2D eigenvalue weighted by Gasteiger charge is 2.31. The van der Waals surface area contributed by atoms with Crippen molar-refractivity contribution in [2.24, 2.45) is 0 Å². The Hall–Kier alpha value is -0.980. The number of halogens is 4. The van der Waals surface area contributed by atoms with Gasteiger partial charge in [0.2, 0.25) is 0 Å². The highest BCUT2D eigenvalue weighted by atomic mass is 79.9. The van der Waals surface area contributed by atoms with Crippen LogP contribution in [-0.2, 0) is 0 Å². The van der Waals surface area contributed by atoms with E-state index in [1.54, 1.807) is 16.8 Å². The van der Waals surface area contributed by atoms with E-state index >= 15 is 0 Å². The summed E-state index contributed by atoms with van der Waals surface area (Å²) < 4.78 is 39.0. The molecule has 19 heavy (non-hydrogen) atoms. The number of aromatic nitrogens is 1. The first-order chi connectivity index (χ1) is 8.60. The molecule has 0 aliphatic heterocycles. The van der Waals surface area contributed by atoms with E-state index in [0.717, 1.165) is 4.47 Å². The third-order valence-electron chi connectivity index (χ3n) is 2.52. The second-order valence-corrected chi connectivity index (χ2v) is 5.65. The SMILES string of the molecule is CC(CC(F)(F)F)NC(=O)c1cc(Br)cn1C(C)C. The van der Waals surface area contributed by atoms with Crippen LogP contribution in [0.3, 0.4) is 0 Å². The summed E-state index contributed by atoms with van der Waals surface area (Å²) >= 11 is 3.25. The summed E-state index contributed by atoms with van der Waals surface area (Å²) in [5, 5.41) is 2.36. The standard InChI is InChI=1S/C12H16BrF3N2O/c1-7(2)18-6-9(13)4-10(18)11(19)17-8(3)5-12(14,15)16/h4,6-8H,5H2,1-3H3,(H,17,19). The van der Waals surface area contributed by atoms with Crippen molar-refractivity contribution in [2.45, 2.75) is 45.5 Å². The Morgan fingerprint density at radius 2 is 2.00 bits per heavy atom. The first-order valence-corrected chi connectivity index (χ1v) is 6.64. The summed E-state index contributed by atoms with van der Waals surface area (Å²) in [5.41, 5.74) is 0.343. The lowest BCUT2D eigenvalue weighted by Crippen LogP contribution is -2.37. The van der Waals surface area contributed by atoms with Crippen molar-refractivity contribution in [2.75, 3.05) is 0 Å². The van der Waals surface area contributed by atoms with E-state index in [-0.39, 0.29) is 6.04 Å². The quantitative estimate of drug-likeness (QED) is 0.885. The minimum Gasteiger partial charge on any atom is -0.348 e. The summed E-state index contributed by atoms with van der Waals surface area (Å²) in [4.78, 5) is 12.0. The van der Waals surface area contributed by atoms with Gasteiger partial charge in [-0.1, -0.05) is 0 Å². The van der Waals surface area contributed by atoms with Crippen LogP contribution >= 0.6 is 15.9 Å². The molecular formula is C12H16BrF3N2O. The van der Waals surface area contributed by atoms with Gasteiger partial charge in [-0.2, -0.15) is 13.2 Å².